The van der Waals surface area contributed by atoms with Crippen LogP contribution in [0.15, 0.2) is 49.2 Å². The fourth-order valence-corrected chi connectivity index (χ4v) is 1.86. The maximum Gasteiger partial charge on any atom is 0.0994 e. The number of aromatic nitrogens is 3. The smallest absolute Gasteiger partial charge is 0.0994 e. The van der Waals surface area contributed by atoms with Crippen LogP contribution < -0.4 is 5.73 Å². The van der Waals surface area contributed by atoms with Crippen LogP contribution in [0.1, 0.15) is 5.69 Å². The van der Waals surface area contributed by atoms with Gasteiger partial charge in [0.2, 0.25) is 0 Å². The van der Waals surface area contributed by atoms with Gasteiger partial charge in [-0.2, -0.15) is 0 Å². The first-order valence-electron chi connectivity index (χ1n) is 5.44. The summed E-state index contributed by atoms with van der Waals surface area (Å²) in [6.45, 7) is 0.462. The SMILES string of the molecule is NCc1cc2cc(-c3cccnc3)cn2cn1. The topological polar surface area (TPSA) is 56.2 Å². The zero-order valence-corrected chi connectivity index (χ0v) is 9.24. The summed E-state index contributed by atoms with van der Waals surface area (Å²) >= 11 is 0. The maximum atomic E-state index is 5.58. The van der Waals surface area contributed by atoms with Gasteiger partial charge in [-0.25, -0.2) is 4.98 Å². The van der Waals surface area contributed by atoms with E-state index in [1.165, 1.54) is 0 Å². The summed E-state index contributed by atoms with van der Waals surface area (Å²) in [5, 5.41) is 0. The third kappa shape index (κ3) is 1.79. The largest absolute Gasteiger partial charge is 0.325 e. The lowest BCUT2D eigenvalue weighted by Crippen LogP contribution is -2.00. The van der Waals surface area contributed by atoms with Crippen molar-refractivity contribution < 1.29 is 0 Å². The summed E-state index contributed by atoms with van der Waals surface area (Å²) in [6.07, 6.45) is 7.45. The molecule has 2 N–H and O–H groups in total. The van der Waals surface area contributed by atoms with Crippen molar-refractivity contribution in [2.75, 3.05) is 0 Å². The predicted molar refractivity (Wildman–Crippen MR) is 66.3 cm³/mol. The van der Waals surface area contributed by atoms with Gasteiger partial charge in [-0.05, 0) is 18.2 Å². The van der Waals surface area contributed by atoms with Gasteiger partial charge in [0, 0.05) is 41.8 Å². The second-order valence-corrected chi connectivity index (χ2v) is 3.89. The van der Waals surface area contributed by atoms with Gasteiger partial charge in [-0.15, -0.1) is 0 Å². The molecule has 0 saturated heterocycles. The van der Waals surface area contributed by atoms with E-state index in [0.29, 0.717) is 6.54 Å². The van der Waals surface area contributed by atoms with E-state index in [-0.39, 0.29) is 0 Å². The fraction of sp³-hybridized carbons (Fsp3) is 0.0769. The molecule has 0 aliphatic heterocycles. The summed E-state index contributed by atoms with van der Waals surface area (Å²) in [6, 6.07) is 8.08. The lowest BCUT2D eigenvalue weighted by molar-refractivity contribution is 0.953. The van der Waals surface area contributed by atoms with Crippen LogP contribution in [-0.4, -0.2) is 14.4 Å². The summed E-state index contributed by atoms with van der Waals surface area (Å²) in [5.74, 6) is 0. The highest BCUT2D eigenvalue weighted by Gasteiger charge is 2.03. The van der Waals surface area contributed by atoms with Crippen molar-refractivity contribution >= 4 is 5.52 Å². The molecule has 0 spiro atoms. The number of pyridine rings is 1. The minimum Gasteiger partial charge on any atom is -0.325 e. The Morgan fingerprint density at radius 3 is 2.94 bits per heavy atom. The Labute approximate surface area is 98.8 Å². The van der Waals surface area contributed by atoms with Crippen molar-refractivity contribution in [2.45, 2.75) is 6.54 Å². The number of nitrogens with two attached hydrogens (primary N) is 1. The highest BCUT2D eigenvalue weighted by atomic mass is 14.9. The Hall–Kier alpha value is -2.20. The van der Waals surface area contributed by atoms with Gasteiger partial charge in [0.25, 0.3) is 0 Å². The molecule has 17 heavy (non-hydrogen) atoms. The first-order chi connectivity index (χ1) is 8.36. The van der Waals surface area contributed by atoms with Crippen LogP contribution in [0.2, 0.25) is 0 Å². The van der Waals surface area contributed by atoms with Gasteiger partial charge in [0.1, 0.15) is 0 Å². The molecule has 3 heterocycles. The van der Waals surface area contributed by atoms with E-state index in [9.17, 15) is 0 Å². The van der Waals surface area contributed by atoms with E-state index >= 15 is 0 Å². The molecule has 4 heteroatoms. The molecule has 0 saturated carbocycles. The Morgan fingerprint density at radius 1 is 1.24 bits per heavy atom. The van der Waals surface area contributed by atoms with E-state index in [2.05, 4.69) is 16.0 Å². The average molecular weight is 224 g/mol. The molecule has 0 unspecified atom stereocenters. The van der Waals surface area contributed by atoms with Crippen molar-refractivity contribution in [1.82, 2.24) is 14.4 Å². The normalized spacial score (nSPS) is 10.9. The average Bonchev–Trinajstić information content (AvgIpc) is 2.82. The Morgan fingerprint density at radius 2 is 2.18 bits per heavy atom. The fourth-order valence-electron chi connectivity index (χ4n) is 1.86. The second kappa shape index (κ2) is 3.99. The minimum absolute atomic E-state index is 0.462. The molecule has 0 aliphatic carbocycles. The van der Waals surface area contributed by atoms with Crippen molar-refractivity contribution in [2.24, 2.45) is 5.73 Å². The van der Waals surface area contributed by atoms with Crippen LogP contribution in [0, 0.1) is 0 Å². The van der Waals surface area contributed by atoms with E-state index < -0.39 is 0 Å². The molecule has 4 nitrogen and oxygen atoms in total. The van der Waals surface area contributed by atoms with Crippen LogP contribution in [0.25, 0.3) is 16.6 Å². The van der Waals surface area contributed by atoms with Crippen molar-refractivity contribution in [3.8, 4) is 11.1 Å². The van der Waals surface area contributed by atoms with Crippen LogP contribution in [0.5, 0.6) is 0 Å². The first-order valence-corrected chi connectivity index (χ1v) is 5.44. The number of rotatable bonds is 2. The van der Waals surface area contributed by atoms with Gasteiger partial charge >= 0.3 is 0 Å². The van der Waals surface area contributed by atoms with Crippen molar-refractivity contribution in [3.05, 3.63) is 54.9 Å². The molecule has 0 fully saturated rings. The highest BCUT2D eigenvalue weighted by Crippen LogP contribution is 2.21. The number of hydrogen-bond acceptors (Lipinski definition) is 3. The van der Waals surface area contributed by atoms with Gasteiger partial charge in [0.05, 0.1) is 12.0 Å². The molecule has 3 aromatic heterocycles. The van der Waals surface area contributed by atoms with Crippen LogP contribution in [-0.2, 0) is 6.54 Å². The molecule has 0 bridgehead atoms. The molecule has 84 valence electrons. The van der Waals surface area contributed by atoms with E-state index in [4.69, 9.17) is 5.73 Å². The molecule has 0 amide bonds. The summed E-state index contributed by atoms with van der Waals surface area (Å²) in [5.41, 5.74) is 9.81. The molecule has 3 aromatic rings. The number of fused-ring (bicyclic) bond motifs is 1. The minimum atomic E-state index is 0.462. The summed E-state index contributed by atoms with van der Waals surface area (Å²) < 4.78 is 1.99. The van der Waals surface area contributed by atoms with Gasteiger partial charge in [-0.3, -0.25) is 4.98 Å². The van der Waals surface area contributed by atoms with E-state index in [1.807, 2.05) is 35.0 Å². The van der Waals surface area contributed by atoms with Gasteiger partial charge < -0.3 is 10.1 Å². The summed E-state index contributed by atoms with van der Waals surface area (Å²) in [4.78, 5) is 8.37. The lowest BCUT2D eigenvalue weighted by Gasteiger charge is -1.96. The number of nitrogens with zero attached hydrogens (tertiary/aromatic N) is 3. The molecular formula is C13H12N4. The quantitative estimate of drug-likeness (QED) is 0.722. The zero-order valence-electron chi connectivity index (χ0n) is 9.24. The molecule has 0 atom stereocenters. The first kappa shape index (κ1) is 9.99. The Balaban J connectivity index is 2.14. The Kier molecular flexibility index (Phi) is 2.34. The van der Waals surface area contributed by atoms with Gasteiger partial charge in [0.15, 0.2) is 0 Å². The maximum absolute atomic E-state index is 5.58. The predicted octanol–water partition coefficient (Wildman–Crippen LogP) is 1.85. The van der Waals surface area contributed by atoms with Crippen molar-refractivity contribution in [3.63, 3.8) is 0 Å². The Bertz CT molecular complexity index is 643. The van der Waals surface area contributed by atoms with Crippen LogP contribution in [0.3, 0.4) is 0 Å². The van der Waals surface area contributed by atoms with E-state index in [1.54, 1.807) is 12.5 Å². The third-order valence-electron chi connectivity index (χ3n) is 2.75. The third-order valence-corrected chi connectivity index (χ3v) is 2.75. The highest BCUT2D eigenvalue weighted by molar-refractivity contribution is 5.69. The van der Waals surface area contributed by atoms with Gasteiger partial charge in [-0.1, -0.05) is 6.07 Å². The molecule has 3 rings (SSSR count). The zero-order chi connectivity index (χ0) is 11.7. The molecule has 0 aromatic carbocycles. The summed E-state index contributed by atoms with van der Waals surface area (Å²) in [7, 11) is 0. The standard InChI is InChI=1S/C13H12N4/c14-6-12-5-13-4-11(8-17(13)9-16-12)10-2-1-3-15-7-10/h1-5,7-9H,6,14H2. The monoisotopic (exact) mass is 224 g/mol. The molecule has 0 radical (unpaired) electrons. The van der Waals surface area contributed by atoms with E-state index in [0.717, 1.165) is 22.3 Å². The lowest BCUT2D eigenvalue weighted by atomic mass is 10.1. The molecule has 0 aliphatic rings. The number of hydrogen-bond donors (Lipinski definition) is 1. The second-order valence-electron chi connectivity index (χ2n) is 3.89. The molecular weight excluding hydrogens is 212 g/mol. The van der Waals surface area contributed by atoms with Crippen LogP contribution in [0.4, 0.5) is 0 Å². The van der Waals surface area contributed by atoms with Crippen LogP contribution >= 0.6 is 0 Å². The van der Waals surface area contributed by atoms with Crippen molar-refractivity contribution in [1.29, 1.82) is 0 Å².